The van der Waals surface area contributed by atoms with Gasteiger partial charge in [-0.3, -0.25) is 0 Å². The zero-order valence-electron chi connectivity index (χ0n) is 7.25. The molecule has 1 unspecified atom stereocenters. The molecule has 1 atom stereocenters. The summed E-state index contributed by atoms with van der Waals surface area (Å²) in [6.45, 7) is 2.12. The first-order valence-electron chi connectivity index (χ1n) is 3.53. The predicted octanol–water partition coefficient (Wildman–Crippen LogP) is 1.02. The van der Waals surface area contributed by atoms with Gasteiger partial charge in [0.2, 0.25) is 6.29 Å². The molecule has 0 bridgehead atoms. The number of aliphatic hydroxyl groups excluding tert-OH is 2. The van der Waals surface area contributed by atoms with Gasteiger partial charge in [-0.1, -0.05) is 6.08 Å². The normalized spacial score (nSPS) is 12.3. The van der Waals surface area contributed by atoms with Gasteiger partial charge in [0.15, 0.2) is 0 Å². The second-order valence-corrected chi connectivity index (χ2v) is 1.92. The average molecular weight is 220 g/mol. The maximum Gasteiger partial charge on any atom is 0.288 e. The van der Waals surface area contributed by atoms with Crippen LogP contribution in [0, 0.1) is 0 Å². The van der Waals surface area contributed by atoms with Crippen LogP contribution in [0.15, 0.2) is 12.7 Å². The quantitative estimate of drug-likeness (QED) is 0.413. The van der Waals surface area contributed by atoms with Crippen LogP contribution in [0.2, 0.25) is 0 Å². The van der Waals surface area contributed by atoms with E-state index in [9.17, 15) is 17.6 Å². The van der Waals surface area contributed by atoms with Crippen LogP contribution in [0.25, 0.3) is 0 Å². The van der Waals surface area contributed by atoms with Crippen LogP contribution in [0.1, 0.15) is 0 Å². The van der Waals surface area contributed by atoms with Crippen LogP contribution in [-0.2, 0) is 4.74 Å². The number of alkyl halides is 4. The summed E-state index contributed by atoms with van der Waals surface area (Å²) in [6, 6.07) is 0. The van der Waals surface area contributed by atoms with Crippen molar-refractivity contribution in [2.45, 2.75) is 19.1 Å². The molecule has 0 saturated carbocycles. The van der Waals surface area contributed by atoms with Gasteiger partial charge >= 0.3 is 0 Å². The Morgan fingerprint density at radius 1 is 1.29 bits per heavy atom. The van der Waals surface area contributed by atoms with Crippen molar-refractivity contribution in [1.82, 2.24) is 0 Å². The highest BCUT2D eigenvalue weighted by Crippen LogP contribution is 2.00. The lowest BCUT2D eigenvalue weighted by Crippen LogP contribution is -2.20. The Labute approximate surface area is 78.6 Å². The number of halogens is 4. The molecule has 0 aromatic carbocycles. The van der Waals surface area contributed by atoms with E-state index in [0.717, 1.165) is 0 Å². The Morgan fingerprint density at radius 3 is 1.93 bits per heavy atom. The molecule has 86 valence electrons. The van der Waals surface area contributed by atoms with E-state index in [0.29, 0.717) is 0 Å². The van der Waals surface area contributed by atoms with Crippen LogP contribution in [-0.4, -0.2) is 42.6 Å². The molecule has 7 heteroatoms. The third kappa shape index (κ3) is 13.9. The minimum Gasteiger partial charge on any atom is -0.390 e. The molecule has 0 fully saturated rings. The fourth-order valence-electron chi connectivity index (χ4n) is 0.239. The van der Waals surface area contributed by atoms with Gasteiger partial charge in [0.25, 0.3) is 12.9 Å². The van der Waals surface area contributed by atoms with Crippen LogP contribution in [0.5, 0.6) is 0 Å². The van der Waals surface area contributed by atoms with Crippen molar-refractivity contribution in [1.29, 1.82) is 0 Å². The lowest BCUT2D eigenvalue weighted by molar-refractivity contribution is -0.168. The monoisotopic (exact) mass is 220 g/mol. The second kappa shape index (κ2) is 10.4. The zero-order chi connectivity index (χ0) is 11.6. The predicted molar refractivity (Wildman–Crippen MR) is 41.2 cm³/mol. The summed E-state index contributed by atoms with van der Waals surface area (Å²) in [5.41, 5.74) is 0. The topological polar surface area (TPSA) is 49.7 Å². The van der Waals surface area contributed by atoms with Crippen molar-refractivity contribution in [3.8, 4) is 0 Å². The van der Waals surface area contributed by atoms with Crippen molar-refractivity contribution < 1.29 is 32.5 Å². The molecule has 0 aromatic heterocycles. The van der Waals surface area contributed by atoms with E-state index in [1.165, 1.54) is 6.08 Å². The third-order valence-electron chi connectivity index (χ3n) is 0.738. The molecule has 0 aliphatic heterocycles. The standard InChI is InChI=1S/C5H8F2O2.C2H4F2O/c1-2-3-9-5(8)4(6)7;3-2(4)1-5/h2,4-5,8H,1,3H2;2,5H,1H2. The van der Waals surface area contributed by atoms with Crippen molar-refractivity contribution in [2.24, 2.45) is 0 Å². The van der Waals surface area contributed by atoms with Gasteiger partial charge in [-0.2, -0.15) is 0 Å². The molecule has 0 aromatic rings. The fraction of sp³-hybridized carbons (Fsp3) is 0.714. The maximum absolute atomic E-state index is 11.3. The second-order valence-electron chi connectivity index (χ2n) is 1.92. The minimum absolute atomic E-state index is 0.0640. The minimum atomic E-state index is -2.84. The summed E-state index contributed by atoms with van der Waals surface area (Å²) in [6.07, 6.45) is -6.10. The molecule has 0 aliphatic carbocycles. The number of hydrogen-bond acceptors (Lipinski definition) is 3. The Bertz CT molecular complexity index is 132. The van der Waals surface area contributed by atoms with E-state index in [1.807, 2.05) is 0 Å². The summed E-state index contributed by atoms with van der Waals surface area (Å²) in [4.78, 5) is 0. The Kier molecular flexibility index (Phi) is 11.8. The van der Waals surface area contributed by atoms with Gasteiger partial charge in [0.05, 0.1) is 6.61 Å². The number of rotatable bonds is 5. The van der Waals surface area contributed by atoms with Crippen molar-refractivity contribution in [3.63, 3.8) is 0 Å². The molecule has 2 N–H and O–H groups in total. The smallest absolute Gasteiger partial charge is 0.288 e. The summed E-state index contributed by atoms with van der Waals surface area (Å²) in [7, 11) is 0. The van der Waals surface area contributed by atoms with Crippen molar-refractivity contribution in [3.05, 3.63) is 12.7 Å². The third-order valence-corrected chi connectivity index (χ3v) is 0.738. The van der Waals surface area contributed by atoms with Gasteiger partial charge in [-0.05, 0) is 0 Å². The highest BCUT2D eigenvalue weighted by Gasteiger charge is 2.15. The average Bonchev–Trinajstić information content (AvgIpc) is 2.14. The Hall–Kier alpha value is -0.660. The molecule has 14 heavy (non-hydrogen) atoms. The number of ether oxygens (including phenoxy) is 1. The van der Waals surface area contributed by atoms with Gasteiger partial charge in [0.1, 0.15) is 6.61 Å². The maximum atomic E-state index is 11.3. The van der Waals surface area contributed by atoms with Gasteiger partial charge in [-0.25, -0.2) is 17.6 Å². The first kappa shape index (κ1) is 15.8. The number of hydrogen-bond donors (Lipinski definition) is 2. The summed E-state index contributed by atoms with van der Waals surface area (Å²) in [5, 5.41) is 15.6. The number of aliphatic hydroxyl groups is 2. The molecule has 0 heterocycles. The first-order valence-corrected chi connectivity index (χ1v) is 3.53. The largest absolute Gasteiger partial charge is 0.390 e. The lowest BCUT2D eigenvalue weighted by atomic mass is 10.6. The van der Waals surface area contributed by atoms with E-state index in [2.05, 4.69) is 11.3 Å². The summed E-state index contributed by atoms with van der Waals surface area (Å²) < 4.78 is 47.9. The van der Waals surface area contributed by atoms with Crippen LogP contribution >= 0.6 is 0 Å². The van der Waals surface area contributed by atoms with Gasteiger partial charge < -0.3 is 14.9 Å². The van der Waals surface area contributed by atoms with E-state index in [4.69, 9.17) is 10.2 Å². The van der Waals surface area contributed by atoms with Crippen LogP contribution in [0.3, 0.4) is 0 Å². The summed E-state index contributed by atoms with van der Waals surface area (Å²) in [5.74, 6) is 0. The molecule has 0 rings (SSSR count). The Balaban J connectivity index is 0. The Morgan fingerprint density at radius 2 is 1.71 bits per heavy atom. The molecule has 0 amide bonds. The van der Waals surface area contributed by atoms with Gasteiger partial charge in [-0.15, -0.1) is 6.58 Å². The first-order chi connectivity index (χ1) is 6.45. The molecule has 0 saturated heterocycles. The van der Waals surface area contributed by atoms with E-state index in [1.54, 1.807) is 0 Å². The van der Waals surface area contributed by atoms with Gasteiger partial charge in [0, 0.05) is 0 Å². The van der Waals surface area contributed by atoms with Crippen LogP contribution in [0.4, 0.5) is 17.6 Å². The molecular formula is C7H12F4O3. The summed E-state index contributed by atoms with van der Waals surface area (Å²) >= 11 is 0. The van der Waals surface area contributed by atoms with Crippen molar-refractivity contribution >= 4 is 0 Å². The molecule has 0 aliphatic rings. The molecule has 0 spiro atoms. The molecule has 0 radical (unpaired) electrons. The molecule has 3 nitrogen and oxygen atoms in total. The highest BCUT2D eigenvalue weighted by molar-refractivity contribution is 4.64. The van der Waals surface area contributed by atoms with Crippen molar-refractivity contribution in [2.75, 3.05) is 13.2 Å². The van der Waals surface area contributed by atoms with E-state index in [-0.39, 0.29) is 6.61 Å². The van der Waals surface area contributed by atoms with Crippen LogP contribution < -0.4 is 0 Å². The molecular weight excluding hydrogens is 208 g/mol. The highest BCUT2D eigenvalue weighted by atomic mass is 19.3. The van der Waals surface area contributed by atoms with E-state index < -0.39 is 25.7 Å². The zero-order valence-corrected chi connectivity index (χ0v) is 7.25. The fourth-order valence-corrected chi connectivity index (χ4v) is 0.239. The SMILES string of the molecule is C=CCOC(O)C(F)F.OCC(F)F. The lowest BCUT2D eigenvalue weighted by Gasteiger charge is -2.07. The van der Waals surface area contributed by atoms with E-state index >= 15 is 0 Å².